The summed E-state index contributed by atoms with van der Waals surface area (Å²) < 4.78 is 41.9. The van der Waals surface area contributed by atoms with Gasteiger partial charge in [-0.25, -0.2) is 4.98 Å². The first-order chi connectivity index (χ1) is 8.39. The lowest BCUT2D eigenvalue weighted by atomic mass is 10.1. The van der Waals surface area contributed by atoms with Gasteiger partial charge >= 0.3 is 6.18 Å². The summed E-state index contributed by atoms with van der Waals surface area (Å²) in [5, 5.41) is 9.50. The molecular formula is C11H7ClF3NO2. The van der Waals surface area contributed by atoms with E-state index >= 15 is 0 Å². The molecule has 2 rings (SSSR count). The van der Waals surface area contributed by atoms with Gasteiger partial charge < -0.3 is 9.52 Å². The fraction of sp³-hybridized carbons (Fsp3) is 0.182. The lowest BCUT2D eigenvalue weighted by molar-refractivity contribution is -0.141. The van der Waals surface area contributed by atoms with Crippen LogP contribution in [-0.2, 0) is 6.18 Å². The predicted molar refractivity (Wildman–Crippen MR) is 57.0 cm³/mol. The van der Waals surface area contributed by atoms with Crippen molar-refractivity contribution in [1.29, 1.82) is 0 Å². The summed E-state index contributed by atoms with van der Waals surface area (Å²) in [4.78, 5) is 3.23. The van der Waals surface area contributed by atoms with Gasteiger partial charge in [-0.1, -0.05) is 17.7 Å². The average molecular weight is 278 g/mol. The van der Waals surface area contributed by atoms with E-state index in [1.54, 1.807) is 0 Å². The third kappa shape index (κ3) is 2.49. The second-order valence-electron chi connectivity index (χ2n) is 3.53. The molecule has 3 nitrogen and oxygen atoms in total. The second kappa shape index (κ2) is 4.62. The van der Waals surface area contributed by atoms with Crippen molar-refractivity contribution in [3.8, 4) is 0 Å². The van der Waals surface area contributed by atoms with Crippen molar-refractivity contribution in [2.45, 2.75) is 12.3 Å². The number of aliphatic hydroxyl groups is 1. The Balaban J connectivity index is 2.36. The first-order valence-corrected chi connectivity index (χ1v) is 5.21. The maximum absolute atomic E-state index is 12.4. The van der Waals surface area contributed by atoms with Gasteiger partial charge in [-0.05, 0) is 12.1 Å². The summed E-state index contributed by atoms with van der Waals surface area (Å²) in [7, 11) is 0. The van der Waals surface area contributed by atoms with E-state index in [4.69, 9.17) is 16.0 Å². The van der Waals surface area contributed by atoms with Crippen molar-refractivity contribution in [2.75, 3.05) is 0 Å². The number of pyridine rings is 1. The van der Waals surface area contributed by atoms with Crippen LogP contribution in [0.2, 0.25) is 5.15 Å². The van der Waals surface area contributed by atoms with E-state index < -0.39 is 23.1 Å². The number of rotatable bonds is 2. The van der Waals surface area contributed by atoms with Gasteiger partial charge in [0.2, 0.25) is 0 Å². The van der Waals surface area contributed by atoms with Crippen molar-refractivity contribution in [2.24, 2.45) is 0 Å². The third-order valence-electron chi connectivity index (χ3n) is 2.32. The number of furan rings is 1. The fourth-order valence-corrected chi connectivity index (χ4v) is 1.67. The molecule has 18 heavy (non-hydrogen) atoms. The minimum atomic E-state index is -4.57. The molecule has 0 radical (unpaired) electrons. The maximum atomic E-state index is 12.4. The quantitative estimate of drug-likeness (QED) is 0.856. The molecule has 0 aromatic carbocycles. The molecule has 0 saturated heterocycles. The molecule has 0 spiro atoms. The number of aromatic nitrogens is 1. The second-order valence-corrected chi connectivity index (χ2v) is 3.89. The molecule has 2 aromatic heterocycles. The SMILES string of the molecule is OC(c1ccoc1)c1ccc(C(F)(F)F)nc1Cl. The summed E-state index contributed by atoms with van der Waals surface area (Å²) >= 11 is 5.65. The Hall–Kier alpha value is -1.53. The lowest BCUT2D eigenvalue weighted by Crippen LogP contribution is -2.10. The molecule has 0 aliphatic heterocycles. The highest BCUT2D eigenvalue weighted by Crippen LogP contribution is 2.32. The average Bonchev–Trinajstić information content (AvgIpc) is 2.80. The standard InChI is InChI=1S/C11H7ClF3NO2/c12-10-7(9(17)6-3-4-18-5-6)1-2-8(16-10)11(13,14)15/h1-5,9,17H. The van der Waals surface area contributed by atoms with Crippen LogP contribution in [0.5, 0.6) is 0 Å². The minimum Gasteiger partial charge on any atom is -0.472 e. The number of hydrogen-bond acceptors (Lipinski definition) is 3. The molecule has 7 heteroatoms. The zero-order valence-electron chi connectivity index (χ0n) is 8.78. The van der Waals surface area contributed by atoms with E-state index in [9.17, 15) is 18.3 Å². The Morgan fingerprint density at radius 2 is 2.00 bits per heavy atom. The molecule has 0 amide bonds. The van der Waals surface area contributed by atoms with Gasteiger partial charge in [0.25, 0.3) is 0 Å². The van der Waals surface area contributed by atoms with Gasteiger partial charge in [-0.3, -0.25) is 0 Å². The molecule has 96 valence electrons. The summed E-state index contributed by atoms with van der Waals surface area (Å²) in [5.74, 6) is 0. The molecule has 0 fully saturated rings. The van der Waals surface area contributed by atoms with Crippen molar-refractivity contribution in [1.82, 2.24) is 4.98 Å². The van der Waals surface area contributed by atoms with Crippen molar-refractivity contribution >= 4 is 11.6 Å². The zero-order chi connectivity index (χ0) is 13.3. The Morgan fingerprint density at radius 3 is 2.50 bits per heavy atom. The number of aliphatic hydroxyl groups excluding tert-OH is 1. The zero-order valence-corrected chi connectivity index (χ0v) is 9.53. The number of hydrogen-bond donors (Lipinski definition) is 1. The molecule has 1 unspecified atom stereocenters. The van der Waals surface area contributed by atoms with Crippen LogP contribution in [0.1, 0.15) is 22.9 Å². The first-order valence-electron chi connectivity index (χ1n) is 4.83. The largest absolute Gasteiger partial charge is 0.472 e. The van der Waals surface area contributed by atoms with Gasteiger partial charge in [0.1, 0.15) is 17.0 Å². The molecule has 0 aliphatic rings. The van der Waals surface area contributed by atoms with Crippen LogP contribution in [0.15, 0.2) is 35.1 Å². The first kappa shape index (κ1) is 12.9. The van der Waals surface area contributed by atoms with Gasteiger partial charge in [0.05, 0.1) is 12.5 Å². The summed E-state index contributed by atoms with van der Waals surface area (Å²) in [6, 6.07) is 3.35. The van der Waals surface area contributed by atoms with Crippen LogP contribution in [0, 0.1) is 0 Å². The Labute approximate surface area is 105 Å². The lowest BCUT2D eigenvalue weighted by Gasteiger charge is -2.12. The maximum Gasteiger partial charge on any atom is 0.433 e. The van der Waals surface area contributed by atoms with Crippen molar-refractivity contribution in [3.63, 3.8) is 0 Å². The van der Waals surface area contributed by atoms with Gasteiger partial charge in [0, 0.05) is 11.1 Å². The molecule has 0 aliphatic carbocycles. The van der Waals surface area contributed by atoms with Crippen LogP contribution < -0.4 is 0 Å². The highest BCUT2D eigenvalue weighted by molar-refractivity contribution is 6.30. The minimum absolute atomic E-state index is 0.0890. The van der Waals surface area contributed by atoms with E-state index in [2.05, 4.69) is 4.98 Å². The van der Waals surface area contributed by atoms with Gasteiger partial charge in [-0.2, -0.15) is 13.2 Å². The van der Waals surface area contributed by atoms with E-state index in [1.165, 1.54) is 18.6 Å². The molecular weight excluding hydrogens is 271 g/mol. The van der Waals surface area contributed by atoms with Gasteiger partial charge in [0.15, 0.2) is 0 Å². The van der Waals surface area contributed by atoms with Crippen LogP contribution in [0.25, 0.3) is 0 Å². The number of alkyl halides is 3. The molecule has 0 bridgehead atoms. The molecule has 1 atom stereocenters. The molecule has 2 heterocycles. The topological polar surface area (TPSA) is 46.3 Å². The van der Waals surface area contributed by atoms with Crippen molar-refractivity contribution in [3.05, 3.63) is 52.7 Å². The van der Waals surface area contributed by atoms with Crippen LogP contribution in [0.4, 0.5) is 13.2 Å². The fourth-order valence-electron chi connectivity index (χ4n) is 1.42. The Kier molecular flexibility index (Phi) is 3.32. The van der Waals surface area contributed by atoms with Crippen LogP contribution >= 0.6 is 11.6 Å². The highest BCUT2D eigenvalue weighted by atomic mass is 35.5. The molecule has 1 N–H and O–H groups in total. The predicted octanol–water partition coefficient (Wildman–Crippen LogP) is 3.43. The number of halogens is 4. The van der Waals surface area contributed by atoms with Crippen molar-refractivity contribution < 1.29 is 22.7 Å². The summed E-state index contributed by atoms with van der Waals surface area (Å²) in [6.07, 6.45) is -3.13. The summed E-state index contributed by atoms with van der Waals surface area (Å²) in [5.41, 5.74) is -0.625. The van der Waals surface area contributed by atoms with E-state index in [1.807, 2.05) is 0 Å². The third-order valence-corrected chi connectivity index (χ3v) is 2.62. The normalized spacial score (nSPS) is 13.6. The Bertz CT molecular complexity index is 540. The van der Waals surface area contributed by atoms with Gasteiger partial charge in [-0.15, -0.1) is 0 Å². The van der Waals surface area contributed by atoms with E-state index in [-0.39, 0.29) is 5.56 Å². The van der Waals surface area contributed by atoms with Crippen LogP contribution in [-0.4, -0.2) is 10.1 Å². The molecule has 2 aromatic rings. The van der Waals surface area contributed by atoms with E-state index in [0.29, 0.717) is 5.56 Å². The summed E-state index contributed by atoms with van der Waals surface area (Å²) in [6.45, 7) is 0. The number of nitrogens with zero attached hydrogens (tertiary/aromatic N) is 1. The monoisotopic (exact) mass is 277 g/mol. The highest BCUT2D eigenvalue weighted by Gasteiger charge is 2.33. The molecule has 0 saturated carbocycles. The Morgan fingerprint density at radius 1 is 1.28 bits per heavy atom. The van der Waals surface area contributed by atoms with E-state index in [0.717, 1.165) is 12.1 Å². The van der Waals surface area contributed by atoms with Crippen LogP contribution in [0.3, 0.4) is 0 Å². The smallest absolute Gasteiger partial charge is 0.433 e.